The van der Waals surface area contributed by atoms with Crippen molar-refractivity contribution in [2.24, 2.45) is 4.99 Å². The summed E-state index contributed by atoms with van der Waals surface area (Å²) < 4.78 is 0. The fourth-order valence-electron chi connectivity index (χ4n) is 1.74. The number of rotatable bonds is 3. The molecule has 1 aromatic heterocycles. The highest BCUT2D eigenvalue weighted by Crippen LogP contribution is 2.30. The van der Waals surface area contributed by atoms with Gasteiger partial charge in [0.1, 0.15) is 0 Å². The van der Waals surface area contributed by atoms with Crippen LogP contribution in [0.3, 0.4) is 0 Å². The SMILES string of the molecule is Clc1ccc(C=Nc2ncc(-c3ccccc3)s2)cc1. The summed E-state index contributed by atoms with van der Waals surface area (Å²) in [5.74, 6) is 0. The summed E-state index contributed by atoms with van der Waals surface area (Å²) in [5.41, 5.74) is 2.17. The van der Waals surface area contributed by atoms with E-state index in [2.05, 4.69) is 22.1 Å². The van der Waals surface area contributed by atoms with Gasteiger partial charge in [-0.15, -0.1) is 0 Å². The van der Waals surface area contributed by atoms with Crippen molar-refractivity contribution in [1.82, 2.24) is 4.98 Å². The number of aromatic nitrogens is 1. The van der Waals surface area contributed by atoms with Crippen molar-refractivity contribution in [1.29, 1.82) is 0 Å². The normalized spacial score (nSPS) is 11.1. The minimum absolute atomic E-state index is 0.725. The summed E-state index contributed by atoms with van der Waals surface area (Å²) in [6.07, 6.45) is 3.65. The van der Waals surface area contributed by atoms with Crippen LogP contribution in [-0.4, -0.2) is 11.2 Å². The summed E-state index contributed by atoms with van der Waals surface area (Å²) in [7, 11) is 0. The van der Waals surface area contributed by atoms with Crippen LogP contribution in [0.5, 0.6) is 0 Å². The lowest BCUT2D eigenvalue weighted by Crippen LogP contribution is -1.78. The molecule has 0 bridgehead atoms. The summed E-state index contributed by atoms with van der Waals surface area (Å²) in [4.78, 5) is 9.83. The fourth-order valence-corrected chi connectivity index (χ4v) is 2.63. The van der Waals surface area contributed by atoms with Gasteiger partial charge < -0.3 is 0 Å². The first-order chi connectivity index (χ1) is 9.81. The summed E-state index contributed by atoms with van der Waals surface area (Å²) in [5, 5.41) is 1.47. The Balaban J connectivity index is 1.79. The molecule has 0 N–H and O–H groups in total. The third kappa shape index (κ3) is 3.13. The largest absolute Gasteiger partial charge is 0.227 e. The van der Waals surface area contributed by atoms with Crippen molar-refractivity contribution in [2.75, 3.05) is 0 Å². The van der Waals surface area contributed by atoms with Crippen LogP contribution in [0.25, 0.3) is 10.4 Å². The Morgan fingerprint density at radius 3 is 2.50 bits per heavy atom. The lowest BCUT2D eigenvalue weighted by Gasteiger charge is -1.93. The molecule has 3 aromatic rings. The molecule has 2 nitrogen and oxygen atoms in total. The van der Waals surface area contributed by atoms with Crippen LogP contribution in [0.1, 0.15) is 5.56 Å². The lowest BCUT2D eigenvalue weighted by molar-refractivity contribution is 1.36. The van der Waals surface area contributed by atoms with Gasteiger partial charge in [-0.2, -0.15) is 0 Å². The smallest absolute Gasteiger partial charge is 0.209 e. The first kappa shape index (κ1) is 13.0. The zero-order valence-electron chi connectivity index (χ0n) is 10.5. The van der Waals surface area contributed by atoms with Crippen LogP contribution < -0.4 is 0 Å². The molecule has 0 unspecified atom stereocenters. The average molecular weight is 299 g/mol. The van der Waals surface area contributed by atoms with Crippen LogP contribution in [0.4, 0.5) is 5.13 Å². The minimum Gasteiger partial charge on any atom is -0.227 e. The quantitative estimate of drug-likeness (QED) is 0.609. The molecule has 0 amide bonds. The van der Waals surface area contributed by atoms with Gasteiger partial charge in [-0.3, -0.25) is 0 Å². The highest BCUT2D eigenvalue weighted by atomic mass is 35.5. The molecule has 1 heterocycles. The van der Waals surface area contributed by atoms with E-state index in [9.17, 15) is 0 Å². The maximum atomic E-state index is 5.85. The van der Waals surface area contributed by atoms with Gasteiger partial charge in [0.25, 0.3) is 0 Å². The number of aliphatic imine (C=N–C) groups is 1. The molecule has 0 atom stereocenters. The molecule has 4 heteroatoms. The first-order valence-corrected chi connectivity index (χ1v) is 7.31. The Morgan fingerprint density at radius 1 is 1.00 bits per heavy atom. The molecule has 0 radical (unpaired) electrons. The second kappa shape index (κ2) is 5.99. The molecule has 2 aromatic carbocycles. The van der Waals surface area contributed by atoms with Gasteiger partial charge >= 0.3 is 0 Å². The van der Waals surface area contributed by atoms with Gasteiger partial charge in [0.15, 0.2) is 0 Å². The van der Waals surface area contributed by atoms with Crippen LogP contribution in [-0.2, 0) is 0 Å². The molecule has 0 aliphatic rings. The molecular formula is C16H11ClN2S. The minimum atomic E-state index is 0.725. The van der Waals surface area contributed by atoms with Crippen LogP contribution in [0.15, 0.2) is 65.8 Å². The molecule has 0 saturated carbocycles. The van der Waals surface area contributed by atoms with Gasteiger partial charge in [-0.05, 0) is 23.3 Å². The van der Waals surface area contributed by atoms with Gasteiger partial charge in [-0.25, -0.2) is 9.98 Å². The Bertz CT molecular complexity index is 718. The molecule has 98 valence electrons. The molecule has 0 aliphatic carbocycles. The zero-order chi connectivity index (χ0) is 13.8. The Hall–Kier alpha value is -1.97. The monoisotopic (exact) mass is 298 g/mol. The van der Waals surface area contributed by atoms with E-state index < -0.39 is 0 Å². The predicted octanol–water partition coefficient (Wildman–Crippen LogP) is 5.21. The average Bonchev–Trinajstić information content (AvgIpc) is 2.97. The first-order valence-electron chi connectivity index (χ1n) is 6.12. The van der Waals surface area contributed by atoms with E-state index in [4.69, 9.17) is 11.6 Å². The second-order valence-electron chi connectivity index (χ2n) is 4.18. The van der Waals surface area contributed by atoms with E-state index in [-0.39, 0.29) is 0 Å². The Labute approximate surface area is 126 Å². The van der Waals surface area contributed by atoms with Crippen LogP contribution in [0.2, 0.25) is 5.02 Å². The summed E-state index contributed by atoms with van der Waals surface area (Å²) in [6.45, 7) is 0. The number of hydrogen-bond donors (Lipinski definition) is 0. The van der Waals surface area contributed by atoms with Gasteiger partial charge in [0.05, 0.1) is 4.88 Å². The van der Waals surface area contributed by atoms with Gasteiger partial charge in [0, 0.05) is 17.4 Å². The number of nitrogens with zero attached hydrogens (tertiary/aromatic N) is 2. The number of halogens is 1. The molecule has 0 aliphatic heterocycles. The Morgan fingerprint density at radius 2 is 1.75 bits per heavy atom. The standard InChI is InChI=1S/C16H11ClN2S/c17-14-8-6-12(7-9-14)10-18-16-19-11-15(20-16)13-4-2-1-3-5-13/h1-11H. The fraction of sp³-hybridized carbons (Fsp3) is 0. The van der Waals surface area contributed by atoms with Crippen molar-refractivity contribution < 1.29 is 0 Å². The zero-order valence-corrected chi connectivity index (χ0v) is 12.1. The highest BCUT2D eigenvalue weighted by molar-refractivity contribution is 7.18. The van der Waals surface area contributed by atoms with E-state index in [0.717, 1.165) is 26.2 Å². The van der Waals surface area contributed by atoms with Crippen molar-refractivity contribution >= 4 is 34.3 Å². The third-order valence-electron chi connectivity index (χ3n) is 2.75. The molecule has 3 rings (SSSR count). The van der Waals surface area contributed by atoms with Crippen molar-refractivity contribution in [2.45, 2.75) is 0 Å². The van der Waals surface area contributed by atoms with Crippen LogP contribution in [0, 0.1) is 0 Å². The number of benzene rings is 2. The van der Waals surface area contributed by atoms with Crippen molar-refractivity contribution in [3.05, 3.63) is 71.4 Å². The number of hydrogen-bond acceptors (Lipinski definition) is 3. The van der Waals surface area contributed by atoms with E-state index in [1.807, 2.05) is 48.7 Å². The topological polar surface area (TPSA) is 25.2 Å². The van der Waals surface area contributed by atoms with Crippen molar-refractivity contribution in [3.8, 4) is 10.4 Å². The maximum absolute atomic E-state index is 5.85. The lowest BCUT2D eigenvalue weighted by atomic mass is 10.2. The van der Waals surface area contributed by atoms with E-state index >= 15 is 0 Å². The maximum Gasteiger partial charge on any atom is 0.209 e. The van der Waals surface area contributed by atoms with Gasteiger partial charge in [0.2, 0.25) is 5.13 Å². The van der Waals surface area contributed by atoms with E-state index in [1.54, 1.807) is 17.6 Å². The molecule has 0 fully saturated rings. The van der Waals surface area contributed by atoms with E-state index in [0.29, 0.717) is 0 Å². The summed E-state index contributed by atoms with van der Waals surface area (Å²) in [6, 6.07) is 17.7. The molecule has 0 saturated heterocycles. The highest BCUT2D eigenvalue weighted by Gasteiger charge is 2.02. The van der Waals surface area contributed by atoms with Crippen LogP contribution >= 0.6 is 22.9 Å². The Kier molecular flexibility index (Phi) is 3.90. The second-order valence-corrected chi connectivity index (χ2v) is 5.63. The predicted molar refractivity (Wildman–Crippen MR) is 86.3 cm³/mol. The molecular weight excluding hydrogens is 288 g/mol. The molecule has 20 heavy (non-hydrogen) atoms. The van der Waals surface area contributed by atoms with Gasteiger partial charge in [-0.1, -0.05) is 65.4 Å². The summed E-state index contributed by atoms with van der Waals surface area (Å²) >= 11 is 7.42. The van der Waals surface area contributed by atoms with Crippen molar-refractivity contribution in [3.63, 3.8) is 0 Å². The molecule has 0 spiro atoms. The number of thiazole rings is 1. The van der Waals surface area contributed by atoms with E-state index in [1.165, 1.54) is 0 Å². The third-order valence-corrected chi connectivity index (χ3v) is 3.95.